The predicted octanol–water partition coefficient (Wildman–Crippen LogP) is 3.76. The van der Waals surface area contributed by atoms with Crippen molar-refractivity contribution in [2.75, 3.05) is 12.4 Å². The fraction of sp³-hybridized carbons (Fsp3) is 0.208. The van der Waals surface area contributed by atoms with Crippen LogP contribution in [0, 0.1) is 13.8 Å². The standard InChI is InChI=1S/C24H26N2O2/c1-17-9-12-19(13-10-17)16-25-23(20-7-5-4-6-8-20)24(27)26-21-15-18(2)11-14-22(21)28-3/h4-15,23,25H,16H2,1-3H3,(H,26,27)/p+1/t23-/m1/s1. The Balaban J connectivity index is 1.81. The van der Waals surface area contributed by atoms with Gasteiger partial charge in [-0.15, -0.1) is 0 Å². The zero-order valence-corrected chi connectivity index (χ0v) is 16.6. The summed E-state index contributed by atoms with van der Waals surface area (Å²) >= 11 is 0. The number of carbonyl (C=O) groups is 1. The summed E-state index contributed by atoms with van der Waals surface area (Å²) in [6, 6.07) is 23.7. The Morgan fingerprint density at radius 1 is 0.964 bits per heavy atom. The van der Waals surface area contributed by atoms with Gasteiger partial charge in [0.05, 0.1) is 12.8 Å². The number of carbonyl (C=O) groups excluding carboxylic acids is 1. The Morgan fingerprint density at radius 2 is 1.64 bits per heavy atom. The predicted molar refractivity (Wildman–Crippen MR) is 112 cm³/mol. The van der Waals surface area contributed by atoms with Gasteiger partial charge in [-0.25, -0.2) is 0 Å². The van der Waals surface area contributed by atoms with Crippen molar-refractivity contribution >= 4 is 11.6 Å². The molecule has 0 aliphatic carbocycles. The summed E-state index contributed by atoms with van der Waals surface area (Å²) in [5.74, 6) is 0.589. The third-order valence-corrected chi connectivity index (χ3v) is 4.76. The molecule has 4 nitrogen and oxygen atoms in total. The zero-order chi connectivity index (χ0) is 19.9. The van der Waals surface area contributed by atoms with Crippen molar-refractivity contribution in [3.05, 3.63) is 95.1 Å². The molecule has 0 aromatic heterocycles. The first-order chi connectivity index (χ1) is 13.6. The van der Waals surface area contributed by atoms with Crippen LogP contribution in [0.1, 0.15) is 28.3 Å². The molecule has 0 fully saturated rings. The molecular formula is C24H27N2O2+. The molecule has 0 unspecified atom stereocenters. The number of quaternary nitrogens is 1. The second-order valence-corrected chi connectivity index (χ2v) is 7.01. The summed E-state index contributed by atoms with van der Waals surface area (Å²) in [5, 5.41) is 5.12. The number of amides is 1. The fourth-order valence-corrected chi connectivity index (χ4v) is 3.16. The first-order valence-electron chi connectivity index (χ1n) is 9.46. The summed E-state index contributed by atoms with van der Waals surface area (Å²) in [5.41, 5.74) is 5.15. The van der Waals surface area contributed by atoms with Crippen LogP contribution in [0.15, 0.2) is 72.8 Å². The Labute approximate surface area is 166 Å². The number of anilines is 1. The lowest BCUT2D eigenvalue weighted by atomic mass is 10.0. The van der Waals surface area contributed by atoms with Crippen molar-refractivity contribution in [1.29, 1.82) is 0 Å². The van der Waals surface area contributed by atoms with E-state index in [4.69, 9.17) is 4.74 Å². The third kappa shape index (κ3) is 4.99. The van der Waals surface area contributed by atoms with E-state index in [1.165, 1.54) is 11.1 Å². The van der Waals surface area contributed by atoms with E-state index in [0.717, 1.165) is 17.7 Å². The molecule has 0 spiro atoms. The van der Waals surface area contributed by atoms with Gasteiger partial charge in [0.25, 0.3) is 5.91 Å². The molecule has 3 N–H and O–H groups in total. The van der Waals surface area contributed by atoms with E-state index < -0.39 is 0 Å². The molecule has 3 rings (SSSR count). The molecule has 4 heteroatoms. The Hall–Kier alpha value is -3.11. The van der Waals surface area contributed by atoms with Gasteiger partial charge in [0.1, 0.15) is 12.3 Å². The van der Waals surface area contributed by atoms with Crippen LogP contribution in [-0.4, -0.2) is 13.0 Å². The monoisotopic (exact) mass is 375 g/mol. The first kappa shape index (κ1) is 19.6. The highest BCUT2D eigenvalue weighted by molar-refractivity contribution is 5.95. The highest BCUT2D eigenvalue weighted by atomic mass is 16.5. The van der Waals surface area contributed by atoms with E-state index in [2.05, 4.69) is 41.8 Å². The second-order valence-electron chi connectivity index (χ2n) is 7.01. The van der Waals surface area contributed by atoms with Crippen LogP contribution < -0.4 is 15.4 Å². The first-order valence-corrected chi connectivity index (χ1v) is 9.46. The van der Waals surface area contributed by atoms with Crippen LogP contribution >= 0.6 is 0 Å². The summed E-state index contributed by atoms with van der Waals surface area (Å²) in [6.45, 7) is 4.79. The number of methoxy groups -OCH3 is 1. The number of nitrogens with one attached hydrogen (secondary N) is 1. The number of benzene rings is 3. The van der Waals surface area contributed by atoms with Crippen LogP contribution in [0.4, 0.5) is 5.69 Å². The minimum atomic E-state index is -0.354. The number of ether oxygens (including phenoxy) is 1. The van der Waals surface area contributed by atoms with E-state index in [1.54, 1.807) is 7.11 Å². The number of rotatable bonds is 7. The van der Waals surface area contributed by atoms with E-state index >= 15 is 0 Å². The Morgan fingerprint density at radius 3 is 2.32 bits per heavy atom. The van der Waals surface area contributed by atoms with Crippen molar-refractivity contribution in [1.82, 2.24) is 0 Å². The SMILES string of the molecule is COc1ccc(C)cc1NC(=O)[C@H]([NH2+]Cc1ccc(C)cc1)c1ccccc1. The van der Waals surface area contributed by atoms with Crippen molar-refractivity contribution in [3.8, 4) is 5.75 Å². The molecule has 0 saturated heterocycles. The molecule has 3 aromatic rings. The van der Waals surface area contributed by atoms with Gasteiger partial charge in [-0.3, -0.25) is 4.79 Å². The van der Waals surface area contributed by atoms with Crippen LogP contribution in [0.2, 0.25) is 0 Å². The molecule has 0 bridgehead atoms. The summed E-state index contributed by atoms with van der Waals surface area (Å²) in [6.07, 6.45) is 0. The van der Waals surface area contributed by atoms with Gasteiger partial charge >= 0.3 is 0 Å². The van der Waals surface area contributed by atoms with Gasteiger partial charge in [-0.1, -0.05) is 66.2 Å². The van der Waals surface area contributed by atoms with Gasteiger partial charge in [0.15, 0.2) is 6.04 Å². The van der Waals surface area contributed by atoms with Gasteiger partial charge in [0, 0.05) is 11.1 Å². The Kier molecular flexibility index (Phi) is 6.45. The zero-order valence-electron chi connectivity index (χ0n) is 16.6. The van der Waals surface area contributed by atoms with Crippen molar-refractivity contribution < 1.29 is 14.8 Å². The number of hydrogen-bond donors (Lipinski definition) is 2. The average Bonchev–Trinajstić information content (AvgIpc) is 2.70. The van der Waals surface area contributed by atoms with Crippen molar-refractivity contribution in [2.45, 2.75) is 26.4 Å². The molecule has 0 aliphatic rings. The van der Waals surface area contributed by atoms with Crippen LogP contribution in [0.5, 0.6) is 5.75 Å². The van der Waals surface area contributed by atoms with Crippen molar-refractivity contribution in [2.24, 2.45) is 0 Å². The molecule has 0 heterocycles. The fourth-order valence-electron chi connectivity index (χ4n) is 3.16. The highest BCUT2D eigenvalue weighted by Gasteiger charge is 2.25. The largest absolute Gasteiger partial charge is 0.495 e. The van der Waals surface area contributed by atoms with Crippen molar-refractivity contribution in [3.63, 3.8) is 0 Å². The third-order valence-electron chi connectivity index (χ3n) is 4.76. The molecule has 3 aromatic carbocycles. The maximum absolute atomic E-state index is 13.2. The molecule has 144 valence electrons. The van der Waals surface area contributed by atoms with Crippen LogP contribution in [-0.2, 0) is 11.3 Å². The molecule has 1 atom stereocenters. The van der Waals surface area contributed by atoms with E-state index in [-0.39, 0.29) is 11.9 Å². The molecule has 28 heavy (non-hydrogen) atoms. The summed E-state index contributed by atoms with van der Waals surface area (Å²) < 4.78 is 5.40. The minimum Gasteiger partial charge on any atom is -0.495 e. The number of aryl methyl sites for hydroxylation is 2. The van der Waals surface area contributed by atoms with E-state index in [9.17, 15) is 4.79 Å². The topological polar surface area (TPSA) is 54.9 Å². The molecule has 0 saturated carbocycles. The smallest absolute Gasteiger partial charge is 0.287 e. The number of nitrogens with two attached hydrogens (primary N) is 1. The maximum atomic E-state index is 13.2. The highest BCUT2D eigenvalue weighted by Crippen LogP contribution is 2.26. The van der Waals surface area contributed by atoms with Gasteiger partial charge in [-0.2, -0.15) is 0 Å². The van der Waals surface area contributed by atoms with Crippen LogP contribution in [0.3, 0.4) is 0 Å². The van der Waals surface area contributed by atoms with E-state index in [0.29, 0.717) is 11.4 Å². The Bertz CT molecular complexity index is 921. The lowest BCUT2D eigenvalue weighted by Crippen LogP contribution is -2.85. The van der Waals surface area contributed by atoms with Gasteiger partial charge in [-0.05, 0) is 31.5 Å². The quantitative estimate of drug-likeness (QED) is 0.661. The summed E-state index contributed by atoms with van der Waals surface area (Å²) in [4.78, 5) is 13.2. The molecule has 0 aliphatic heterocycles. The van der Waals surface area contributed by atoms with Gasteiger partial charge < -0.3 is 15.4 Å². The lowest BCUT2D eigenvalue weighted by molar-refractivity contribution is -0.697. The number of hydrogen-bond acceptors (Lipinski definition) is 2. The van der Waals surface area contributed by atoms with E-state index in [1.807, 2.05) is 55.5 Å². The minimum absolute atomic E-state index is 0.0674. The normalized spacial score (nSPS) is 11.7. The molecule has 1 amide bonds. The second kappa shape index (κ2) is 9.20. The molecular weight excluding hydrogens is 348 g/mol. The van der Waals surface area contributed by atoms with Crippen LogP contribution in [0.25, 0.3) is 0 Å². The lowest BCUT2D eigenvalue weighted by Gasteiger charge is -2.17. The maximum Gasteiger partial charge on any atom is 0.287 e. The average molecular weight is 375 g/mol. The van der Waals surface area contributed by atoms with Gasteiger partial charge in [0.2, 0.25) is 0 Å². The molecule has 0 radical (unpaired) electrons. The summed E-state index contributed by atoms with van der Waals surface area (Å²) in [7, 11) is 1.61.